The zero-order valence-electron chi connectivity index (χ0n) is 42.4. The molecule has 0 radical (unpaired) electrons. The van der Waals surface area contributed by atoms with Gasteiger partial charge in [0.25, 0.3) is 11.8 Å². The molecule has 0 atom stereocenters. The number of aliphatic hydroxyl groups excluding tert-OH is 1. The lowest BCUT2D eigenvalue weighted by atomic mass is 10.1. The summed E-state index contributed by atoms with van der Waals surface area (Å²) in [5.41, 5.74) is 0. The molecular formula is C50H94N2O15S2. The molecule has 1 heterocycles. The van der Waals surface area contributed by atoms with Crippen molar-refractivity contribution in [3.63, 3.8) is 0 Å². The predicted octanol–water partition coefficient (Wildman–Crippen LogP) is 6.61. The van der Waals surface area contributed by atoms with Gasteiger partial charge in [0.15, 0.2) is 0 Å². The second-order valence-electron chi connectivity index (χ2n) is 16.4. The fraction of sp³-hybridized carbons (Fsp3) is 0.900. The Kier molecular flexibility index (Phi) is 53.1. The Morgan fingerprint density at radius 1 is 0.391 bits per heavy atom. The number of amides is 3. The fourth-order valence-corrected chi connectivity index (χ4v) is 8.94. The van der Waals surface area contributed by atoms with Crippen LogP contribution in [0, 0.1) is 0 Å². The first kappa shape index (κ1) is 65.6. The highest BCUT2D eigenvalue weighted by Crippen LogP contribution is 2.25. The molecular weight excluding hydrogens is 933 g/mol. The number of ether oxygens (including phenoxy) is 11. The molecule has 0 aromatic carbocycles. The van der Waals surface area contributed by atoms with Gasteiger partial charge in [-0.25, -0.2) is 0 Å². The van der Waals surface area contributed by atoms with Gasteiger partial charge in [0.05, 0.1) is 132 Å². The molecule has 0 bridgehead atoms. The molecule has 0 saturated heterocycles. The van der Waals surface area contributed by atoms with E-state index in [9.17, 15) is 14.4 Å². The van der Waals surface area contributed by atoms with E-state index in [1.54, 1.807) is 0 Å². The number of unbranched alkanes of at least 4 members (excludes halogenated alkanes) is 16. The van der Waals surface area contributed by atoms with E-state index in [2.05, 4.69) is 26.9 Å². The molecule has 406 valence electrons. The van der Waals surface area contributed by atoms with Crippen LogP contribution in [0.4, 0.5) is 0 Å². The monoisotopic (exact) mass is 1030 g/mol. The van der Waals surface area contributed by atoms with Gasteiger partial charge >= 0.3 is 0 Å². The van der Waals surface area contributed by atoms with E-state index in [4.69, 9.17) is 57.2 Å². The zero-order valence-corrected chi connectivity index (χ0v) is 44.0. The molecule has 3 amide bonds. The van der Waals surface area contributed by atoms with Crippen molar-refractivity contribution >= 4 is 39.3 Å². The number of rotatable bonds is 59. The predicted molar refractivity (Wildman–Crippen MR) is 273 cm³/mol. The van der Waals surface area contributed by atoms with Crippen molar-refractivity contribution in [1.82, 2.24) is 10.2 Å². The Morgan fingerprint density at radius 2 is 0.667 bits per heavy atom. The van der Waals surface area contributed by atoms with Crippen molar-refractivity contribution in [2.45, 2.75) is 116 Å². The first-order valence-corrected chi connectivity index (χ1v) is 28.6. The highest BCUT2D eigenvalue weighted by Gasteiger charge is 2.22. The summed E-state index contributed by atoms with van der Waals surface area (Å²) in [5, 5.41) is 11.2. The number of carbonyl (C=O) groups is 3. The summed E-state index contributed by atoms with van der Waals surface area (Å²) in [4.78, 5) is 35.8. The fourth-order valence-electron chi connectivity index (χ4n) is 6.64. The number of carbonyl (C=O) groups excluding carboxylic acids is 3. The van der Waals surface area contributed by atoms with E-state index >= 15 is 0 Å². The molecule has 0 unspecified atom stereocenters. The van der Waals surface area contributed by atoms with Crippen LogP contribution in [0.2, 0.25) is 0 Å². The molecule has 0 spiro atoms. The van der Waals surface area contributed by atoms with Crippen LogP contribution in [0.1, 0.15) is 116 Å². The smallest absolute Gasteiger partial charge is 0.253 e. The van der Waals surface area contributed by atoms with Crippen LogP contribution in [-0.4, -0.2) is 204 Å². The van der Waals surface area contributed by atoms with Gasteiger partial charge < -0.3 is 62.5 Å². The lowest BCUT2D eigenvalue weighted by Gasteiger charge is -2.14. The van der Waals surface area contributed by atoms with E-state index < -0.39 is 0 Å². The Morgan fingerprint density at radius 3 is 1.00 bits per heavy atom. The van der Waals surface area contributed by atoms with Crippen LogP contribution in [0.25, 0.3) is 0 Å². The number of imide groups is 1. The summed E-state index contributed by atoms with van der Waals surface area (Å²) >= 11 is 0. The first-order chi connectivity index (χ1) is 34.1. The minimum absolute atomic E-state index is 0.0453. The topological polar surface area (TPSA) is 188 Å². The summed E-state index contributed by atoms with van der Waals surface area (Å²) in [6, 6.07) is 0. The van der Waals surface area contributed by atoms with Crippen LogP contribution in [-0.2, 0) is 66.5 Å². The molecule has 0 aromatic heterocycles. The van der Waals surface area contributed by atoms with Gasteiger partial charge in [-0.15, -0.1) is 0 Å². The van der Waals surface area contributed by atoms with Crippen molar-refractivity contribution in [2.24, 2.45) is 0 Å². The number of nitrogens with zero attached hydrogens (tertiary/aromatic N) is 1. The van der Waals surface area contributed by atoms with E-state index in [0.29, 0.717) is 119 Å². The van der Waals surface area contributed by atoms with Crippen LogP contribution in [0.5, 0.6) is 0 Å². The Labute approximate surface area is 423 Å². The lowest BCUT2D eigenvalue weighted by Crippen LogP contribution is -2.39. The third-order valence-electron chi connectivity index (χ3n) is 10.5. The van der Waals surface area contributed by atoms with Gasteiger partial charge in [0, 0.05) is 50.0 Å². The molecule has 19 heteroatoms. The average molecular weight is 1030 g/mol. The Balaban J connectivity index is 1.61. The molecule has 2 N–H and O–H groups in total. The van der Waals surface area contributed by atoms with E-state index in [1.807, 2.05) is 0 Å². The number of nitrogens with one attached hydrogen (secondary N) is 1. The zero-order chi connectivity index (χ0) is 49.4. The van der Waals surface area contributed by atoms with E-state index in [1.165, 1.54) is 126 Å². The largest absolute Gasteiger partial charge is 0.394 e. The second kappa shape index (κ2) is 55.9. The summed E-state index contributed by atoms with van der Waals surface area (Å²) in [6.45, 7) is 11.2. The number of hydrogen-bond acceptors (Lipinski definition) is 17. The minimum atomic E-state index is -0.375. The van der Waals surface area contributed by atoms with E-state index in [-0.39, 0.29) is 50.6 Å². The highest BCUT2D eigenvalue weighted by atomic mass is 33.1. The van der Waals surface area contributed by atoms with Crippen molar-refractivity contribution in [3.05, 3.63) is 12.2 Å². The van der Waals surface area contributed by atoms with Crippen molar-refractivity contribution < 1.29 is 71.6 Å². The Hall–Kier alpha value is -1.43. The molecule has 0 aromatic rings. The van der Waals surface area contributed by atoms with Gasteiger partial charge in [0.1, 0.15) is 6.61 Å². The summed E-state index contributed by atoms with van der Waals surface area (Å²) < 4.78 is 60.2. The SMILES string of the molecule is O=C(COCCOCCOCCOCCOCCOCCOCCCCCCCCCCCSSCCCCCCCCCCCOCCOCCOCCOCCO)NCCN1C(=O)C=CC1=O. The van der Waals surface area contributed by atoms with Crippen molar-refractivity contribution in [2.75, 3.05) is 177 Å². The summed E-state index contributed by atoms with van der Waals surface area (Å²) in [6.07, 6.45) is 26.1. The minimum Gasteiger partial charge on any atom is -0.394 e. The summed E-state index contributed by atoms with van der Waals surface area (Å²) in [7, 11) is 4.15. The molecule has 69 heavy (non-hydrogen) atoms. The molecule has 1 rings (SSSR count). The number of aliphatic hydroxyl groups is 1. The third kappa shape index (κ3) is 49.9. The maximum atomic E-state index is 11.8. The second-order valence-corrected chi connectivity index (χ2v) is 19.1. The highest BCUT2D eigenvalue weighted by molar-refractivity contribution is 8.76. The normalized spacial score (nSPS) is 12.6. The molecule has 0 saturated carbocycles. The maximum Gasteiger partial charge on any atom is 0.253 e. The van der Waals surface area contributed by atoms with Crippen LogP contribution >= 0.6 is 21.6 Å². The summed E-state index contributed by atoms with van der Waals surface area (Å²) in [5.74, 6) is 1.51. The lowest BCUT2D eigenvalue weighted by molar-refractivity contribution is -0.137. The average Bonchev–Trinajstić information content (AvgIpc) is 3.67. The molecule has 17 nitrogen and oxygen atoms in total. The van der Waals surface area contributed by atoms with Gasteiger partial charge in [-0.1, -0.05) is 111 Å². The Bertz CT molecular complexity index is 1130. The van der Waals surface area contributed by atoms with Gasteiger partial charge in [-0.3, -0.25) is 19.3 Å². The molecule has 0 aliphatic carbocycles. The number of hydrogen-bond donors (Lipinski definition) is 2. The standard InChI is InChI=1S/C50H94N2O15S2/c53-23-26-59-29-32-62-35-33-60-30-27-57-24-15-11-7-3-1-5-9-13-17-45-68-69-46-18-14-10-6-2-4-8-12-16-25-58-28-31-61-34-36-63-37-38-64-39-40-65-41-42-66-43-44-67-47-48(54)51-21-22-52-49(55)19-20-50(52)56/h19-20,53H,1-18,21-47H2,(H,51,54). The quantitative estimate of drug-likeness (QED) is 0.0376. The first-order valence-electron chi connectivity index (χ1n) is 26.2. The van der Waals surface area contributed by atoms with Crippen molar-refractivity contribution in [3.8, 4) is 0 Å². The molecule has 1 aliphatic heterocycles. The maximum absolute atomic E-state index is 11.8. The van der Waals surface area contributed by atoms with Crippen LogP contribution < -0.4 is 5.32 Å². The molecule has 0 fully saturated rings. The third-order valence-corrected chi connectivity index (χ3v) is 13.1. The van der Waals surface area contributed by atoms with Crippen LogP contribution in [0.3, 0.4) is 0 Å². The van der Waals surface area contributed by atoms with Crippen LogP contribution in [0.15, 0.2) is 12.2 Å². The van der Waals surface area contributed by atoms with E-state index in [0.717, 1.165) is 31.0 Å². The van der Waals surface area contributed by atoms with Gasteiger partial charge in [-0.05, 0) is 25.7 Å². The molecule has 1 aliphatic rings. The van der Waals surface area contributed by atoms with Crippen molar-refractivity contribution in [1.29, 1.82) is 0 Å². The van der Waals surface area contributed by atoms with Gasteiger partial charge in [-0.2, -0.15) is 0 Å². The van der Waals surface area contributed by atoms with Gasteiger partial charge in [0.2, 0.25) is 5.91 Å².